The third-order valence-corrected chi connectivity index (χ3v) is 7.17. The van der Waals surface area contributed by atoms with Gasteiger partial charge in [-0.1, -0.05) is 103 Å². The molecule has 0 atom stereocenters. The van der Waals surface area contributed by atoms with E-state index in [1.54, 1.807) is 12.1 Å². The molecule has 0 radical (unpaired) electrons. The van der Waals surface area contributed by atoms with Crippen molar-refractivity contribution >= 4 is 21.5 Å². The summed E-state index contributed by atoms with van der Waals surface area (Å²) < 4.78 is 6.30. The van der Waals surface area contributed by atoms with E-state index < -0.39 is 0 Å². The smallest absolute Gasteiger partial charge is 0.174 e. The van der Waals surface area contributed by atoms with Gasteiger partial charge < -0.3 is 14.9 Å². The molecule has 3 heteroatoms. The van der Waals surface area contributed by atoms with Crippen LogP contribution in [0.25, 0.3) is 32.7 Å². The molecule has 6 aromatic rings. The summed E-state index contributed by atoms with van der Waals surface area (Å²) in [6, 6.07) is 38.4. The van der Waals surface area contributed by atoms with Gasteiger partial charge in [0.05, 0.1) is 0 Å². The molecule has 1 heterocycles. The van der Waals surface area contributed by atoms with Crippen LogP contribution in [0.5, 0.6) is 23.0 Å². The van der Waals surface area contributed by atoms with Crippen LogP contribution in [0.1, 0.15) is 22.6 Å². The van der Waals surface area contributed by atoms with Gasteiger partial charge in [-0.2, -0.15) is 0 Å². The molecule has 1 aliphatic rings. The minimum Gasteiger partial charge on any atom is -0.504 e. The molecule has 0 spiro atoms. The molecule has 36 heavy (non-hydrogen) atoms. The lowest BCUT2D eigenvalue weighted by Gasteiger charge is -2.32. The molecule has 0 saturated carbocycles. The normalized spacial score (nSPS) is 12.8. The minimum atomic E-state index is -0.248. The summed E-state index contributed by atoms with van der Waals surface area (Å²) in [6.45, 7) is 0. The second kappa shape index (κ2) is 7.89. The number of phenolic OH excluding ortho intramolecular Hbond substituents is 2. The SMILES string of the molecule is Oc1cc2ccccc2c2c1Oc1c(O)cc3ccccc3c1C2c1ccc(-c2ccccc2)cc1. The summed E-state index contributed by atoms with van der Waals surface area (Å²) in [5.74, 6) is 0.663. The average molecular weight is 467 g/mol. The Labute approximate surface area is 208 Å². The van der Waals surface area contributed by atoms with E-state index in [0.717, 1.165) is 49.4 Å². The quantitative estimate of drug-likeness (QED) is 0.269. The Kier molecular flexibility index (Phi) is 4.52. The van der Waals surface area contributed by atoms with E-state index >= 15 is 0 Å². The van der Waals surface area contributed by atoms with Crippen molar-refractivity contribution in [1.29, 1.82) is 0 Å². The van der Waals surface area contributed by atoms with E-state index in [2.05, 4.69) is 48.5 Å². The van der Waals surface area contributed by atoms with Crippen LogP contribution in [-0.2, 0) is 0 Å². The van der Waals surface area contributed by atoms with Gasteiger partial charge in [0.1, 0.15) is 0 Å². The summed E-state index contributed by atoms with van der Waals surface area (Å²) in [5.41, 5.74) is 5.16. The highest BCUT2D eigenvalue weighted by atomic mass is 16.5. The second-order valence-corrected chi connectivity index (χ2v) is 9.24. The number of fused-ring (bicyclic) bond motifs is 6. The van der Waals surface area contributed by atoms with Crippen molar-refractivity contribution in [2.75, 3.05) is 0 Å². The molecular weight excluding hydrogens is 444 g/mol. The van der Waals surface area contributed by atoms with E-state index in [0.29, 0.717) is 11.5 Å². The fourth-order valence-electron chi connectivity index (χ4n) is 5.55. The first-order chi connectivity index (χ1) is 17.7. The zero-order valence-corrected chi connectivity index (χ0v) is 19.3. The summed E-state index contributed by atoms with van der Waals surface area (Å²) in [7, 11) is 0. The number of ether oxygens (including phenoxy) is 1. The van der Waals surface area contributed by atoms with Crippen molar-refractivity contribution in [2.45, 2.75) is 5.92 Å². The van der Waals surface area contributed by atoms with Gasteiger partial charge in [0, 0.05) is 17.0 Å². The molecular formula is C33H22O3. The molecule has 1 aliphatic heterocycles. The Morgan fingerprint density at radius 2 is 0.972 bits per heavy atom. The molecule has 0 fully saturated rings. The Morgan fingerprint density at radius 1 is 0.500 bits per heavy atom. The van der Waals surface area contributed by atoms with Crippen LogP contribution in [0.15, 0.2) is 115 Å². The maximum atomic E-state index is 11.0. The van der Waals surface area contributed by atoms with Crippen LogP contribution in [-0.4, -0.2) is 10.2 Å². The molecule has 0 amide bonds. The van der Waals surface area contributed by atoms with Crippen molar-refractivity contribution in [3.63, 3.8) is 0 Å². The molecule has 0 saturated heterocycles. The first-order valence-corrected chi connectivity index (χ1v) is 12.0. The van der Waals surface area contributed by atoms with E-state index in [1.165, 1.54) is 0 Å². The fraction of sp³-hybridized carbons (Fsp3) is 0.0303. The zero-order chi connectivity index (χ0) is 24.2. The third kappa shape index (κ3) is 3.06. The van der Waals surface area contributed by atoms with Gasteiger partial charge in [0.25, 0.3) is 0 Å². The minimum absolute atomic E-state index is 0.0628. The van der Waals surface area contributed by atoms with Gasteiger partial charge in [-0.25, -0.2) is 0 Å². The number of aromatic hydroxyl groups is 2. The van der Waals surface area contributed by atoms with Crippen LogP contribution in [0.2, 0.25) is 0 Å². The number of phenols is 2. The molecule has 0 bridgehead atoms. The van der Waals surface area contributed by atoms with Gasteiger partial charge in [-0.3, -0.25) is 0 Å². The highest BCUT2D eigenvalue weighted by molar-refractivity contribution is 5.97. The molecule has 7 rings (SSSR count). The van der Waals surface area contributed by atoms with Crippen molar-refractivity contribution in [3.05, 3.63) is 132 Å². The lowest BCUT2D eigenvalue weighted by atomic mass is 9.78. The van der Waals surface area contributed by atoms with Gasteiger partial charge >= 0.3 is 0 Å². The molecule has 0 aliphatic carbocycles. The molecule has 3 nitrogen and oxygen atoms in total. The van der Waals surface area contributed by atoms with Crippen molar-refractivity contribution in [1.82, 2.24) is 0 Å². The molecule has 2 N–H and O–H groups in total. The maximum Gasteiger partial charge on any atom is 0.174 e. The predicted octanol–water partition coefficient (Wildman–Crippen LogP) is 8.36. The van der Waals surface area contributed by atoms with Gasteiger partial charge in [-0.05, 0) is 50.4 Å². The monoisotopic (exact) mass is 466 g/mol. The van der Waals surface area contributed by atoms with Crippen LogP contribution in [0, 0.1) is 0 Å². The highest BCUT2D eigenvalue weighted by Crippen LogP contribution is 2.57. The fourth-order valence-corrected chi connectivity index (χ4v) is 5.55. The maximum absolute atomic E-state index is 11.0. The molecule has 6 aromatic carbocycles. The summed E-state index contributed by atoms with van der Waals surface area (Å²) in [4.78, 5) is 0. The van der Waals surface area contributed by atoms with Gasteiger partial charge in [0.15, 0.2) is 23.0 Å². The standard InChI is InChI=1S/C33H22O3/c34-27-18-23-10-4-6-12-25(23)30-29(22-16-14-21(15-17-22)20-8-2-1-3-9-20)31-26-13-7-5-11-24(26)19-28(35)33(31)36-32(27)30/h1-19,29,34-35H. The van der Waals surface area contributed by atoms with Gasteiger partial charge in [0.2, 0.25) is 0 Å². The van der Waals surface area contributed by atoms with Crippen molar-refractivity contribution < 1.29 is 14.9 Å². The number of hydrogen-bond acceptors (Lipinski definition) is 3. The lowest BCUT2D eigenvalue weighted by Crippen LogP contribution is -2.13. The highest BCUT2D eigenvalue weighted by Gasteiger charge is 2.35. The zero-order valence-electron chi connectivity index (χ0n) is 19.3. The van der Waals surface area contributed by atoms with Crippen LogP contribution < -0.4 is 4.74 Å². The van der Waals surface area contributed by atoms with Crippen molar-refractivity contribution in [3.8, 4) is 34.1 Å². The summed E-state index contributed by atoms with van der Waals surface area (Å²) in [5, 5.41) is 26.0. The van der Waals surface area contributed by atoms with E-state index in [4.69, 9.17) is 4.74 Å². The van der Waals surface area contributed by atoms with E-state index in [9.17, 15) is 10.2 Å². The van der Waals surface area contributed by atoms with E-state index in [-0.39, 0.29) is 17.4 Å². The Morgan fingerprint density at radius 3 is 1.53 bits per heavy atom. The Hall–Kier alpha value is -4.76. The van der Waals surface area contributed by atoms with Crippen molar-refractivity contribution in [2.24, 2.45) is 0 Å². The number of benzene rings is 6. The first kappa shape index (κ1) is 20.6. The molecule has 0 aromatic heterocycles. The average Bonchev–Trinajstić information content (AvgIpc) is 2.93. The summed E-state index contributed by atoms with van der Waals surface area (Å²) in [6.07, 6.45) is 0. The predicted molar refractivity (Wildman–Crippen MR) is 144 cm³/mol. The summed E-state index contributed by atoms with van der Waals surface area (Å²) >= 11 is 0. The Balaban J connectivity index is 1.55. The van der Waals surface area contributed by atoms with E-state index in [1.807, 2.05) is 54.6 Å². The van der Waals surface area contributed by atoms with Crippen LogP contribution in [0.3, 0.4) is 0 Å². The third-order valence-electron chi connectivity index (χ3n) is 7.17. The van der Waals surface area contributed by atoms with Gasteiger partial charge in [-0.15, -0.1) is 0 Å². The van der Waals surface area contributed by atoms with Crippen LogP contribution >= 0.6 is 0 Å². The first-order valence-electron chi connectivity index (χ1n) is 12.0. The molecule has 0 unspecified atom stereocenters. The number of hydrogen-bond donors (Lipinski definition) is 2. The Bertz CT molecular complexity index is 1680. The lowest BCUT2D eigenvalue weighted by molar-refractivity contribution is 0.372. The topological polar surface area (TPSA) is 49.7 Å². The number of rotatable bonds is 2. The van der Waals surface area contributed by atoms with Crippen LogP contribution in [0.4, 0.5) is 0 Å². The molecule has 172 valence electrons. The largest absolute Gasteiger partial charge is 0.504 e. The second-order valence-electron chi connectivity index (χ2n) is 9.24.